The molecule has 0 saturated heterocycles. The van der Waals surface area contributed by atoms with Crippen LogP contribution in [0.5, 0.6) is 0 Å². The maximum atomic E-state index is 12.7. The van der Waals surface area contributed by atoms with Crippen LogP contribution in [0, 0.1) is 0 Å². The highest BCUT2D eigenvalue weighted by Crippen LogP contribution is 2.43. The molecule has 9 nitrogen and oxygen atoms in total. The Morgan fingerprint density at radius 1 is 0.437 bits per heavy atom. The van der Waals surface area contributed by atoms with Gasteiger partial charge in [0.2, 0.25) is 0 Å². The van der Waals surface area contributed by atoms with E-state index in [-0.39, 0.29) is 32.6 Å². The molecule has 0 aliphatic rings. The van der Waals surface area contributed by atoms with Crippen LogP contribution < -0.4 is 5.73 Å². The van der Waals surface area contributed by atoms with E-state index in [9.17, 15) is 19.0 Å². The molecule has 0 saturated carbocycles. The summed E-state index contributed by atoms with van der Waals surface area (Å²) in [4.78, 5) is 35.1. The molecule has 0 aromatic carbocycles. The molecule has 0 aromatic rings. The molecule has 0 fully saturated rings. The number of unbranched alkanes of at least 4 members (excludes halogenated alkanes) is 15. The number of ether oxygens (including phenoxy) is 2. The average molecular weight is 1010 g/mol. The maximum Gasteiger partial charge on any atom is 0.472 e. The molecule has 10 heteroatoms. The first-order valence-electron chi connectivity index (χ1n) is 27.7. The lowest BCUT2D eigenvalue weighted by atomic mass is 10.1. The summed E-state index contributed by atoms with van der Waals surface area (Å²) in [6.07, 6.45) is 77.8. The second-order valence-corrected chi connectivity index (χ2v) is 19.2. The largest absolute Gasteiger partial charge is 0.472 e. The first-order valence-corrected chi connectivity index (χ1v) is 29.2. The molecule has 402 valence electrons. The molecule has 0 rings (SSSR count). The summed E-state index contributed by atoms with van der Waals surface area (Å²) in [5.74, 6) is -0.882. The van der Waals surface area contributed by atoms with Gasteiger partial charge in [-0.1, -0.05) is 212 Å². The highest BCUT2D eigenvalue weighted by atomic mass is 31.2. The zero-order valence-corrected chi connectivity index (χ0v) is 45.5. The Balaban J connectivity index is 4.16. The van der Waals surface area contributed by atoms with Crippen LogP contribution in [0.3, 0.4) is 0 Å². The van der Waals surface area contributed by atoms with E-state index in [0.29, 0.717) is 12.8 Å². The fraction of sp³-hybridized carbons (Fsp3) is 0.607. The van der Waals surface area contributed by atoms with E-state index in [1.54, 1.807) is 0 Å². The van der Waals surface area contributed by atoms with Crippen molar-refractivity contribution in [2.75, 3.05) is 26.4 Å². The SMILES string of the molecule is CC/C=C\C/C=C\C/C=C\C/C=C\C/C=C\C/C=C\C/C=C\C/C=C\CCCCCCC(=O)OC(COC(=O)CCCCCCCC/C=C\C/C=C\C/C=C\CCCCCCC)COP(=O)(O)OCCN. The molecule has 0 aliphatic carbocycles. The number of esters is 2. The number of rotatable bonds is 50. The van der Waals surface area contributed by atoms with Crippen molar-refractivity contribution in [2.24, 2.45) is 5.73 Å². The predicted molar refractivity (Wildman–Crippen MR) is 302 cm³/mol. The number of allylic oxidation sites excluding steroid dienone is 22. The number of phosphoric ester groups is 1. The van der Waals surface area contributed by atoms with Crippen LogP contribution in [0.1, 0.15) is 206 Å². The van der Waals surface area contributed by atoms with Crippen LogP contribution in [0.15, 0.2) is 134 Å². The van der Waals surface area contributed by atoms with Crippen molar-refractivity contribution in [3.63, 3.8) is 0 Å². The van der Waals surface area contributed by atoms with Gasteiger partial charge in [0.15, 0.2) is 6.10 Å². The van der Waals surface area contributed by atoms with Gasteiger partial charge in [0.05, 0.1) is 13.2 Å². The van der Waals surface area contributed by atoms with E-state index in [4.69, 9.17) is 24.3 Å². The van der Waals surface area contributed by atoms with Crippen LogP contribution in [0.4, 0.5) is 0 Å². The minimum absolute atomic E-state index is 0.0389. The minimum Gasteiger partial charge on any atom is -0.462 e. The minimum atomic E-state index is -4.41. The summed E-state index contributed by atoms with van der Waals surface area (Å²) in [6, 6.07) is 0. The van der Waals surface area contributed by atoms with Crippen LogP contribution >= 0.6 is 7.82 Å². The summed E-state index contributed by atoms with van der Waals surface area (Å²) < 4.78 is 33.0. The van der Waals surface area contributed by atoms with Crippen LogP contribution in [-0.2, 0) is 32.7 Å². The molecule has 0 radical (unpaired) electrons. The van der Waals surface area contributed by atoms with Crippen LogP contribution in [0.25, 0.3) is 0 Å². The van der Waals surface area contributed by atoms with Gasteiger partial charge in [-0.25, -0.2) is 4.57 Å². The van der Waals surface area contributed by atoms with E-state index in [2.05, 4.69) is 148 Å². The summed E-state index contributed by atoms with van der Waals surface area (Å²) >= 11 is 0. The van der Waals surface area contributed by atoms with E-state index in [1.807, 2.05) is 0 Å². The van der Waals surface area contributed by atoms with Crippen LogP contribution in [-0.4, -0.2) is 49.3 Å². The molecular weight excluding hydrogens is 906 g/mol. The lowest BCUT2D eigenvalue weighted by Gasteiger charge is -2.19. The second-order valence-electron chi connectivity index (χ2n) is 17.7. The van der Waals surface area contributed by atoms with Gasteiger partial charge >= 0.3 is 19.8 Å². The number of nitrogens with two attached hydrogens (primary N) is 1. The second kappa shape index (κ2) is 55.5. The lowest BCUT2D eigenvalue weighted by molar-refractivity contribution is -0.161. The lowest BCUT2D eigenvalue weighted by Crippen LogP contribution is -2.29. The number of phosphoric acid groups is 1. The Morgan fingerprint density at radius 3 is 1.15 bits per heavy atom. The summed E-state index contributed by atoms with van der Waals surface area (Å²) in [6.45, 7) is 3.55. The molecule has 2 unspecified atom stereocenters. The van der Waals surface area contributed by atoms with Crippen LogP contribution in [0.2, 0.25) is 0 Å². The molecule has 0 amide bonds. The van der Waals surface area contributed by atoms with Gasteiger partial charge in [0.25, 0.3) is 0 Å². The van der Waals surface area contributed by atoms with Gasteiger partial charge < -0.3 is 20.1 Å². The van der Waals surface area contributed by atoms with Gasteiger partial charge in [-0.15, -0.1) is 0 Å². The van der Waals surface area contributed by atoms with Gasteiger partial charge in [-0.2, -0.15) is 0 Å². The van der Waals surface area contributed by atoms with E-state index < -0.39 is 32.5 Å². The number of carbonyl (C=O) groups is 2. The van der Waals surface area contributed by atoms with Crippen molar-refractivity contribution < 1.29 is 37.6 Å². The van der Waals surface area contributed by atoms with Crippen molar-refractivity contribution in [1.82, 2.24) is 0 Å². The van der Waals surface area contributed by atoms with Crippen molar-refractivity contribution >= 4 is 19.8 Å². The topological polar surface area (TPSA) is 134 Å². The highest BCUT2D eigenvalue weighted by molar-refractivity contribution is 7.47. The first kappa shape index (κ1) is 67.1. The Labute approximate surface area is 434 Å². The smallest absolute Gasteiger partial charge is 0.462 e. The third-order valence-electron chi connectivity index (χ3n) is 11.0. The first-order chi connectivity index (χ1) is 34.8. The quantitative estimate of drug-likeness (QED) is 0.0264. The van der Waals surface area contributed by atoms with E-state index in [1.165, 1.54) is 38.5 Å². The normalized spacial score (nSPS) is 14.1. The molecule has 0 spiro atoms. The van der Waals surface area contributed by atoms with Crippen molar-refractivity contribution in [2.45, 2.75) is 213 Å². The monoisotopic (exact) mass is 1010 g/mol. The van der Waals surface area contributed by atoms with Gasteiger partial charge in [-0.3, -0.25) is 18.6 Å². The van der Waals surface area contributed by atoms with Gasteiger partial charge in [0.1, 0.15) is 6.61 Å². The molecule has 0 bridgehead atoms. The third kappa shape index (κ3) is 55.3. The molecule has 0 aromatic heterocycles. The summed E-state index contributed by atoms with van der Waals surface area (Å²) in [7, 11) is -4.41. The van der Waals surface area contributed by atoms with Crippen molar-refractivity contribution in [3.8, 4) is 0 Å². The number of carbonyl (C=O) groups excluding carboxylic acids is 2. The Hall–Kier alpha value is -3.85. The highest BCUT2D eigenvalue weighted by Gasteiger charge is 2.26. The molecule has 2 atom stereocenters. The fourth-order valence-corrected chi connectivity index (χ4v) is 7.72. The van der Waals surface area contributed by atoms with Gasteiger partial charge in [-0.05, 0) is 116 Å². The number of hydrogen-bond donors (Lipinski definition) is 2. The van der Waals surface area contributed by atoms with E-state index >= 15 is 0 Å². The maximum absolute atomic E-state index is 12.7. The molecule has 0 aliphatic heterocycles. The van der Waals surface area contributed by atoms with E-state index in [0.717, 1.165) is 128 Å². The summed E-state index contributed by atoms with van der Waals surface area (Å²) in [5, 5.41) is 0. The Morgan fingerprint density at radius 2 is 0.775 bits per heavy atom. The van der Waals surface area contributed by atoms with Crippen molar-refractivity contribution in [3.05, 3.63) is 134 Å². The van der Waals surface area contributed by atoms with Gasteiger partial charge in [0, 0.05) is 19.4 Å². The third-order valence-corrected chi connectivity index (χ3v) is 12.0. The fourth-order valence-electron chi connectivity index (χ4n) is 6.95. The standard InChI is InChI=1S/C61H100NO8P/c1-3-5-7-9-11-13-15-17-19-21-23-25-26-27-28-29-30-31-32-34-36-38-40-42-44-46-48-50-52-54-61(64)70-59(58-69-71(65,66)68-56-55-62)57-67-60(63)53-51-49-47-45-43-41-39-37-35-33-24-22-20-18-16-14-12-10-8-6-4-2/h5,7,11,13,16-19,22-25,27-28,30-31,34-37,40,42,59H,3-4,6,8-10,12,14-15,20-21,26,29,32-33,38-39,41,43-58,62H2,1-2H3,(H,65,66)/b7-5-,13-11-,18-16-,19-17-,24-22-,25-23-,28-27-,31-30-,36-34-,37-35-,42-40-. The van der Waals surface area contributed by atoms with Crippen molar-refractivity contribution in [1.29, 1.82) is 0 Å². The average Bonchev–Trinajstić information content (AvgIpc) is 3.36. The predicted octanol–water partition coefficient (Wildman–Crippen LogP) is 17.4. The molecule has 71 heavy (non-hydrogen) atoms. The zero-order valence-electron chi connectivity index (χ0n) is 44.7. The molecular formula is C61H100NO8P. The molecule has 3 N–H and O–H groups in total. The Bertz CT molecular complexity index is 1620. The summed E-state index contributed by atoms with van der Waals surface area (Å²) in [5.41, 5.74) is 5.37. The zero-order chi connectivity index (χ0) is 51.7. The number of hydrogen-bond acceptors (Lipinski definition) is 8. The molecule has 0 heterocycles. The Kier molecular flexibility index (Phi) is 52.5.